The van der Waals surface area contributed by atoms with Gasteiger partial charge in [-0.2, -0.15) is 4.98 Å². The monoisotopic (exact) mass is 317 g/mol. The van der Waals surface area contributed by atoms with Crippen LogP contribution >= 0.6 is 0 Å². The lowest BCUT2D eigenvalue weighted by molar-refractivity contribution is 0.265. The van der Waals surface area contributed by atoms with Crippen molar-refractivity contribution in [2.24, 2.45) is 0 Å². The van der Waals surface area contributed by atoms with Crippen LogP contribution in [-0.2, 0) is 13.0 Å². The topological polar surface area (TPSA) is 60.6 Å². The van der Waals surface area contributed by atoms with E-state index in [4.69, 9.17) is 14.0 Å². The van der Waals surface area contributed by atoms with Gasteiger partial charge in [-0.3, -0.25) is 4.90 Å². The Morgan fingerprint density at radius 1 is 1.22 bits per heavy atom. The van der Waals surface area contributed by atoms with Crippen LogP contribution in [-0.4, -0.2) is 42.3 Å². The molecule has 2 heterocycles. The van der Waals surface area contributed by atoms with E-state index in [2.05, 4.69) is 27.2 Å². The van der Waals surface area contributed by atoms with Crippen molar-refractivity contribution in [1.82, 2.24) is 15.0 Å². The van der Waals surface area contributed by atoms with Gasteiger partial charge in [0.1, 0.15) is 11.5 Å². The summed E-state index contributed by atoms with van der Waals surface area (Å²) < 4.78 is 16.0. The Labute approximate surface area is 136 Å². The number of hydrogen-bond acceptors (Lipinski definition) is 6. The SMILES string of the molecule is CCc1noc(CN2CCC(c3cc(OC)cc(OC)c3)C2)n1. The number of aromatic nitrogens is 2. The van der Waals surface area contributed by atoms with E-state index in [1.54, 1.807) is 14.2 Å². The standard InChI is InChI=1S/C17H23N3O3/c1-4-16-18-17(23-19-16)11-20-6-5-12(10-20)13-7-14(21-2)9-15(8-13)22-3/h7-9,12H,4-6,10-11H2,1-3H3. The molecule has 2 aromatic rings. The highest BCUT2D eigenvalue weighted by Crippen LogP contribution is 2.33. The molecule has 1 aromatic carbocycles. The predicted octanol–water partition coefficient (Wildman–Crippen LogP) is 2.64. The van der Waals surface area contributed by atoms with E-state index in [-0.39, 0.29) is 0 Å². The molecule has 1 fully saturated rings. The van der Waals surface area contributed by atoms with Crippen molar-refractivity contribution < 1.29 is 14.0 Å². The van der Waals surface area contributed by atoms with Gasteiger partial charge in [0, 0.05) is 19.0 Å². The summed E-state index contributed by atoms with van der Waals surface area (Å²) in [6, 6.07) is 6.10. The first-order valence-electron chi connectivity index (χ1n) is 7.98. The summed E-state index contributed by atoms with van der Waals surface area (Å²) in [5.41, 5.74) is 1.25. The number of hydrogen-bond donors (Lipinski definition) is 0. The number of rotatable bonds is 6. The molecule has 124 valence electrons. The lowest BCUT2D eigenvalue weighted by atomic mass is 9.98. The summed E-state index contributed by atoms with van der Waals surface area (Å²) in [6.07, 6.45) is 1.90. The molecule has 23 heavy (non-hydrogen) atoms. The highest BCUT2D eigenvalue weighted by Gasteiger charge is 2.26. The molecule has 0 bridgehead atoms. The third-order valence-corrected chi connectivity index (χ3v) is 4.30. The number of methoxy groups -OCH3 is 2. The molecule has 0 saturated carbocycles. The van der Waals surface area contributed by atoms with Crippen LogP contribution in [0.1, 0.15) is 36.5 Å². The second-order valence-corrected chi connectivity index (χ2v) is 5.82. The van der Waals surface area contributed by atoms with Crippen molar-refractivity contribution in [1.29, 1.82) is 0 Å². The molecule has 1 unspecified atom stereocenters. The van der Waals surface area contributed by atoms with Crippen LogP contribution in [0.5, 0.6) is 11.5 Å². The maximum atomic E-state index is 5.37. The Kier molecular flexibility index (Phi) is 4.81. The first kappa shape index (κ1) is 15.8. The number of benzene rings is 1. The number of nitrogens with zero attached hydrogens (tertiary/aromatic N) is 3. The minimum absolute atomic E-state index is 0.465. The van der Waals surface area contributed by atoms with Gasteiger partial charge in [-0.1, -0.05) is 12.1 Å². The summed E-state index contributed by atoms with van der Waals surface area (Å²) in [4.78, 5) is 6.74. The maximum Gasteiger partial charge on any atom is 0.240 e. The van der Waals surface area contributed by atoms with Gasteiger partial charge in [-0.15, -0.1) is 0 Å². The van der Waals surface area contributed by atoms with Crippen LogP contribution < -0.4 is 9.47 Å². The summed E-state index contributed by atoms with van der Waals surface area (Å²) in [7, 11) is 3.36. The average Bonchev–Trinajstić information content (AvgIpc) is 3.24. The molecular formula is C17H23N3O3. The zero-order valence-corrected chi connectivity index (χ0v) is 13.9. The third-order valence-electron chi connectivity index (χ3n) is 4.30. The second-order valence-electron chi connectivity index (χ2n) is 5.82. The van der Waals surface area contributed by atoms with Crippen molar-refractivity contribution in [2.75, 3.05) is 27.3 Å². The van der Waals surface area contributed by atoms with Gasteiger partial charge >= 0.3 is 0 Å². The summed E-state index contributed by atoms with van der Waals surface area (Å²) >= 11 is 0. The summed E-state index contributed by atoms with van der Waals surface area (Å²) in [5, 5.41) is 3.95. The zero-order valence-electron chi connectivity index (χ0n) is 13.9. The van der Waals surface area contributed by atoms with Crippen LogP contribution in [0.25, 0.3) is 0 Å². The number of likely N-dealkylation sites (tertiary alicyclic amines) is 1. The number of aryl methyl sites for hydroxylation is 1. The summed E-state index contributed by atoms with van der Waals surface area (Å²) in [5.74, 6) is 3.61. The lowest BCUT2D eigenvalue weighted by Crippen LogP contribution is -2.20. The first-order chi connectivity index (χ1) is 11.2. The van der Waals surface area contributed by atoms with Crippen LogP contribution in [0.3, 0.4) is 0 Å². The van der Waals surface area contributed by atoms with E-state index < -0.39 is 0 Å². The van der Waals surface area contributed by atoms with Crippen molar-refractivity contribution in [3.05, 3.63) is 35.5 Å². The molecule has 1 aliphatic rings. The molecule has 1 aromatic heterocycles. The Hall–Kier alpha value is -2.08. The summed E-state index contributed by atoms with van der Waals surface area (Å²) in [6.45, 7) is 4.73. The second kappa shape index (κ2) is 7.00. The van der Waals surface area contributed by atoms with Crippen molar-refractivity contribution in [3.63, 3.8) is 0 Å². The molecule has 1 aliphatic heterocycles. The zero-order chi connectivity index (χ0) is 16.2. The van der Waals surface area contributed by atoms with Gasteiger partial charge < -0.3 is 14.0 Å². The average molecular weight is 317 g/mol. The normalized spacial score (nSPS) is 18.3. The van der Waals surface area contributed by atoms with Crippen LogP contribution in [0, 0.1) is 0 Å². The molecule has 0 radical (unpaired) electrons. The molecular weight excluding hydrogens is 294 g/mol. The molecule has 3 rings (SSSR count). The van der Waals surface area contributed by atoms with Gasteiger partial charge in [-0.05, 0) is 36.6 Å². The molecule has 0 N–H and O–H groups in total. The molecule has 6 nitrogen and oxygen atoms in total. The molecule has 0 spiro atoms. The molecule has 6 heteroatoms. The fraction of sp³-hybridized carbons (Fsp3) is 0.529. The molecule has 0 aliphatic carbocycles. The van der Waals surface area contributed by atoms with Crippen LogP contribution in [0.4, 0.5) is 0 Å². The maximum absolute atomic E-state index is 5.37. The Bertz CT molecular complexity index is 634. The van der Waals surface area contributed by atoms with Crippen LogP contribution in [0.15, 0.2) is 22.7 Å². The highest BCUT2D eigenvalue weighted by atomic mass is 16.5. The van der Waals surface area contributed by atoms with Gasteiger partial charge in [0.15, 0.2) is 5.82 Å². The minimum atomic E-state index is 0.465. The quantitative estimate of drug-likeness (QED) is 0.816. The Morgan fingerprint density at radius 3 is 2.57 bits per heavy atom. The smallest absolute Gasteiger partial charge is 0.240 e. The fourth-order valence-electron chi connectivity index (χ4n) is 3.00. The van der Waals surface area contributed by atoms with Crippen molar-refractivity contribution in [2.45, 2.75) is 32.2 Å². The number of ether oxygens (including phenoxy) is 2. The van der Waals surface area contributed by atoms with Crippen molar-refractivity contribution >= 4 is 0 Å². The van der Waals surface area contributed by atoms with Gasteiger partial charge in [-0.25, -0.2) is 0 Å². The lowest BCUT2D eigenvalue weighted by Gasteiger charge is -2.15. The van der Waals surface area contributed by atoms with Gasteiger partial charge in [0.05, 0.1) is 20.8 Å². The largest absolute Gasteiger partial charge is 0.497 e. The van der Waals surface area contributed by atoms with Crippen molar-refractivity contribution in [3.8, 4) is 11.5 Å². The first-order valence-corrected chi connectivity index (χ1v) is 7.98. The van der Waals surface area contributed by atoms with E-state index >= 15 is 0 Å². The Balaban J connectivity index is 1.67. The van der Waals surface area contributed by atoms with Gasteiger partial charge in [0.25, 0.3) is 0 Å². The highest BCUT2D eigenvalue weighted by molar-refractivity contribution is 5.40. The van der Waals surface area contributed by atoms with Crippen LogP contribution in [0.2, 0.25) is 0 Å². The predicted molar refractivity (Wildman–Crippen MR) is 85.9 cm³/mol. The van der Waals surface area contributed by atoms with E-state index in [1.165, 1.54) is 5.56 Å². The molecule has 1 saturated heterocycles. The molecule has 0 amide bonds. The van der Waals surface area contributed by atoms with E-state index in [0.717, 1.165) is 43.3 Å². The van der Waals surface area contributed by atoms with E-state index in [0.29, 0.717) is 18.4 Å². The third kappa shape index (κ3) is 3.64. The van der Waals surface area contributed by atoms with Gasteiger partial charge in [0.2, 0.25) is 5.89 Å². The fourth-order valence-corrected chi connectivity index (χ4v) is 3.00. The van der Waals surface area contributed by atoms with E-state index in [1.807, 2.05) is 13.0 Å². The van der Waals surface area contributed by atoms with E-state index in [9.17, 15) is 0 Å². The molecule has 1 atom stereocenters. The minimum Gasteiger partial charge on any atom is -0.497 e. The Morgan fingerprint density at radius 2 is 1.96 bits per heavy atom.